The molecule has 0 heterocycles. The number of nitrogens with one attached hydrogen (secondary N) is 1. The normalized spacial score (nSPS) is 9.80. The van der Waals surface area contributed by atoms with Gasteiger partial charge in [-0.2, -0.15) is 0 Å². The number of anilines is 1. The van der Waals surface area contributed by atoms with Gasteiger partial charge in [-0.05, 0) is 126 Å². The molecule has 1 N–H and O–H groups in total. The summed E-state index contributed by atoms with van der Waals surface area (Å²) in [6.45, 7) is 15.5. The highest BCUT2D eigenvalue weighted by Gasteiger charge is 2.05. The summed E-state index contributed by atoms with van der Waals surface area (Å²) < 4.78 is 0. The molecule has 0 aliphatic rings. The third-order valence-corrected chi connectivity index (χ3v) is 9.75. The maximum Gasteiger partial charge on any atom is 0.221 e. The lowest BCUT2D eigenvalue weighted by atomic mass is 10.00. The minimum absolute atomic E-state index is 0.0186. The van der Waals surface area contributed by atoms with Crippen molar-refractivity contribution in [2.24, 2.45) is 0 Å². The zero-order chi connectivity index (χ0) is 52.8. The van der Waals surface area contributed by atoms with Crippen LogP contribution in [0.4, 0.5) is 5.69 Å². The van der Waals surface area contributed by atoms with Gasteiger partial charge in [-0.25, -0.2) is 0 Å². The lowest BCUT2D eigenvalue weighted by Crippen LogP contribution is -2.06. The highest BCUT2D eigenvalue weighted by molar-refractivity contribution is 5.97. The Kier molecular flexibility index (Phi) is 28.7. The number of benzene rings is 5. The second kappa shape index (κ2) is 33.2. The van der Waals surface area contributed by atoms with E-state index in [2.05, 4.69) is 29.6 Å². The number of carbonyl (C=O) groups excluding carboxylic acids is 10. The van der Waals surface area contributed by atoms with Gasteiger partial charge in [0.1, 0.15) is 40.5 Å². The molecule has 370 valence electrons. The molecule has 0 bridgehead atoms. The van der Waals surface area contributed by atoms with E-state index in [0.717, 1.165) is 39.9 Å². The molecule has 0 aliphatic heterocycles. The van der Waals surface area contributed by atoms with Crippen LogP contribution in [0.5, 0.6) is 0 Å². The number of hydrogen-bond donors (Lipinski definition) is 1. The Balaban J connectivity index is 0.000000450. The van der Waals surface area contributed by atoms with Gasteiger partial charge >= 0.3 is 0 Å². The van der Waals surface area contributed by atoms with E-state index in [4.69, 9.17) is 0 Å². The molecule has 0 atom stereocenters. The van der Waals surface area contributed by atoms with E-state index in [1.165, 1.54) is 31.9 Å². The van der Waals surface area contributed by atoms with Gasteiger partial charge in [0.15, 0.2) is 11.6 Å². The summed E-state index contributed by atoms with van der Waals surface area (Å²) in [6, 6.07) is 37.9. The van der Waals surface area contributed by atoms with E-state index < -0.39 is 0 Å². The molecule has 0 fully saturated rings. The number of rotatable bonds is 19. The van der Waals surface area contributed by atoms with E-state index in [1.807, 2.05) is 66.7 Å². The molecule has 0 radical (unpaired) electrons. The fourth-order valence-corrected chi connectivity index (χ4v) is 6.49. The van der Waals surface area contributed by atoms with Gasteiger partial charge < -0.3 is 14.9 Å². The Hall–Kier alpha value is -7.40. The van der Waals surface area contributed by atoms with Gasteiger partial charge in [-0.1, -0.05) is 109 Å². The molecule has 0 aromatic heterocycles. The Morgan fingerprint density at radius 3 is 0.871 bits per heavy atom. The highest BCUT2D eigenvalue weighted by Crippen LogP contribution is 2.14. The Morgan fingerprint density at radius 2 is 0.614 bits per heavy atom. The first kappa shape index (κ1) is 60.6. The van der Waals surface area contributed by atoms with Crippen LogP contribution in [0.3, 0.4) is 0 Å². The Bertz CT molecular complexity index is 2360. The summed E-state index contributed by atoms with van der Waals surface area (Å²) in [5, 5.41) is 2.67. The molecule has 5 rings (SSSR count). The van der Waals surface area contributed by atoms with Crippen molar-refractivity contribution >= 4 is 63.6 Å². The van der Waals surface area contributed by atoms with E-state index in [-0.39, 0.29) is 58.0 Å². The first-order valence-corrected chi connectivity index (χ1v) is 23.1. The van der Waals surface area contributed by atoms with Gasteiger partial charge in [-0.3, -0.25) is 38.4 Å². The Labute approximate surface area is 413 Å². The largest absolute Gasteiger partial charge is 0.326 e. The number of carbonyl (C=O) groups is 10. The molecule has 0 unspecified atom stereocenters. The molecule has 5 aromatic carbocycles. The lowest BCUT2D eigenvalue weighted by molar-refractivity contribution is -0.119. The van der Waals surface area contributed by atoms with Crippen molar-refractivity contribution in [3.8, 4) is 0 Å². The van der Waals surface area contributed by atoms with Crippen molar-refractivity contribution in [1.29, 1.82) is 0 Å². The SMILES string of the molecule is CC(=O)CCCC(C)=O.CC(=O)Cc1ccc(CC(C)=O)cc1.CC(=O)Cc1ccc(Cc2ccc(CC(C)=O)cc2)cc1.CC(=O)Cc1cccc(NC(C)=O)c1.CC(=O)c1ccc(C(C)=O)cc1. The molecule has 11 nitrogen and oxygen atoms in total. The average molecular weight is 952 g/mol. The van der Waals surface area contributed by atoms with Gasteiger partial charge in [0, 0.05) is 68.7 Å². The molecule has 11 heteroatoms. The third-order valence-electron chi connectivity index (χ3n) is 9.75. The van der Waals surface area contributed by atoms with Crippen LogP contribution in [0.2, 0.25) is 0 Å². The summed E-state index contributed by atoms with van der Waals surface area (Å²) in [5.74, 6) is 1.05. The Morgan fingerprint density at radius 1 is 0.329 bits per heavy atom. The summed E-state index contributed by atoms with van der Waals surface area (Å²) in [5.41, 5.74) is 9.50. The number of amides is 1. The minimum atomic E-state index is -0.107. The summed E-state index contributed by atoms with van der Waals surface area (Å²) >= 11 is 0. The summed E-state index contributed by atoms with van der Waals surface area (Å²) in [7, 11) is 0. The van der Waals surface area contributed by atoms with Crippen molar-refractivity contribution in [3.05, 3.63) is 171 Å². The van der Waals surface area contributed by atoms with Crippen molar-refractivity contribution in [1.82, 2.24) is 0 Å². The molecule has 0 aliphatic carbocycles. The van der Waals surface area contributed by atoms with Crippen LogP contribution in [0.25, 0.3) is 0 Å². The first-order chi connectivity index (χ1) is 32.9. The molecule has 1 amide bonds. The minimum Gasteiger partial charge on any atom is -0.326 e. The molecule has 0 saturated carbocycles. The van der Waals surface area contributed by atoms with Gasteiger partial charge in [-0.15, -0.1) is 0 Å². The predicted molar refractivity (Wildman–Crippen MR) is 276 cm³/mol. The van der Waals surface area contributed by atoms with E-state index in [0.29, 0.717) is 62.5 Å². The summed E-state index contributed by atoms with van der Waals surface area (Å²) in [6.07, 6.45) is 5.01. The van der Waals surface area contributed by atoms with E-state index in [9.17, 15) is 47.9 Å². The first-order valence-electron chi connectivity index (χ1n) is 23.1. The zero-order valence-corrected chi connectivity index (χ0v) is 42.5. The van der Waals surface area contributed by atoms with Crippen molar-refractivity contribution < 1.29 is 47.9 Å². The third kappa shape index (κ3) is 30.1. The van der Waals surface area contributed by atoms with E-state index in [1.54, 1.807) is 78.8 Å². The second-order valence-electron chi connectivity index (χ2n) is 17.3. The fourth-order valence-electron chi connectivity index (χ4n) is 6.49. The molecular weight excluding hydrogens is 883 g/mol. The molecule has 0 spiro atoms. The van der Waals surface area contributed by atoms with Crippen molar-refractivity contribution in [2.45, 2.75) is 127 Å². The molecule has 70 heavy (non-hydrogen) atoms. The fraction of sp³-hybridized carbons (Fsp3) is 0.322. The predicted octanol–water partition coefficient (Wildman–Crippen LogP) is 10.7. The van der Waals surface area contributed by atoms with E-state index >= 15 is 0 Å². The van der Waals surface area contributed by atoms with Crippen molar-refractivity contribution in [2.75, 3.05) is 5.32 Å². The maximum atomic E-state index is 11.1. The maximum absolute atomic E-state index is 11.1. The van der Waals surface area contributed by atoms with Gasteiger partial charge in [0.2, 0.25) is 5.91 Å². The average Bonchev–Trinajstić information content (AvgIpc) is 3.25. The lowest BCUT2D eigenvalue weighted by Gasteiger charge is -2.05. The van der Waals surface area contributed by atoms with Crippen LogP contribution < -0.4 is 5.32 Å². The zero-order valence-electron chi connectivity index (χ0n) is 42.5. The topological polar surface area (TPSA) is 183 Å². The second-order valence-corrected chi connectivity index (χ2v) is 17.3. The number of hydrogen-bond acceptors (Lipinski definition) is 10. The quantitative estimate of drug-likeness (QED) is 0.0782. The summed E-state index contributed by atoms with van der Waals surface area (Å²) in [4.78, 5) is 108. The molecule has 5 aromatic rings. The monoisotopic (exact) mass is 951 g/mol. The van der Waals surface area contributed by atoms with Crippen LogP contribution in [-0.4, -0.2) is 58.0 Å². The van der Waals surface area contributed by atoms with Crippen LogP contribution in [0, 0.1) is 0 Å². The molecular formula is C59H69NO10. The smallest absolute Gasteiger partial charge is 0.221 e. The standard InChI is InChI=1S/C19H20O2.C12H14O2.C11H13NO2.C10H10O2.C7H12O2/c1-14(20)11-16-3-7-18(8-4-16)13-19-9-5-17(6-10-19)12-15(2)21;1-9(13)7-11-3-5-12(6-4-11)8-10(2)14;1-8(13)6-10-4-3-5-11(7-10)12-9(2)14;1-7(11)9-3-5-10(6-4-9)8(2)12;1-6(8)4-3-5-7(2)9/h3-10H,11-13H2,1-2H3;3-6H,7-8H2,1-2H3;3-5,7H,6H2,1-2H3,(H,12,14);3-6H,1-2H3;3-5H2,1-2H3. The van der Waals surface area contributed by atoms with Crippen LogP contribution in [0.15, 0.2) is 121 Å². The number of Topliss-reactive ketones (excluding diaryl/α,β-unsaturated/α-hetero) is 9. The van der Waals surface area contributed by atoms with Crippen LogP contribution in [-0.2, 0) is 76.9 Å². The van der Waals surface area contributed by atoms with Gasteiger partial charge in [0.25, 0.3) is 0 Å². The van der Waals surface area contributed by atoms with Crippen molar-refractivity contribution in [3.63, 3.8) is 0 Å². The molecule has 0 saturated heterocycles. The highest BCUT2D eigenvalue weighted by atomic mass is 16.2. The number of ketones is 9. The van der Waals surface area contributed by atoms with Crippen LogP contribution >= 0.6 is 0 Å². The van der Waals surface area contributed by atoms with Crippen LogP contribution in [0.1, 0.15) is 148 Å². The van der Waals surface area contributed by atoms with Gasteiger partial charge in [0.05, 0.1) is 0 Å².